The number of nitrogens with one attached hydrogen (secondary N) is 1. The van der Waals surface area contributed by atoms with Crippen LogP contribution in [0, 0.1) is 17.0 Å². The van der Waals surface area contributed by atoms with Crippen molar-refractivity contribution in [2.24, 2.45) is 0 Å². The lowest BCUT2D eigenvalue weighted by Gasteiger charge is -2.20. The molecule has 0 bridgehead atoms. The number of amides is 1. The average Bonchev–Trinajstić information content (AvgIpc) is 2.92. The van der Waals surface area contributed by atoms with E-state index in [0.717, 1.165) is 5.56 Å². The number of nitrogens with zero attached hydrogens (tertiary/aromatic N) is 2. The van der Waals surface area contributed by atoms with Crippen molar-refractivity contribution in [1.82, 2.24) is 10.3 Å². The van der Waals surface area contributed by atoms with E-state index in [1.54, 1.807) is 19.9 Å². The van der Waals surface area contributed by atoms with Gasteiger partial charge in [-0.1, -0.05) is 42.5 Å². The van der Waals surface area contributed by atoms with E-state index in [2.05, 4.69) is 10.3 Å². The van der Waals surface area contributed by atoms with Gasteiger partial charge >= 0.3 is 11.9 Å². The van der Waals surface area contributed by atoms with E-state index < -0.39 is 16.9 Å². The first-order valence-electron chi connectivity index (χ1n) is 11.7. The first-order valence-corrected chi connectivity index (χ1v) is 12.8. The first-order chi connectivity index (χ1) is 18.3. The number of esters is 2. The van der Waals surface area contributed by atoms with Gasteiger partial charge in [-0.15, -0.1) is 0 Å². The number of non-ortho nitro benzene ring substituents is 1. The third kappa shape index (κ3) is 6.54. The Bertz CT molecular complexity index is 1330. The second kappa shape index (κ2) is 13.3. The fourth-order valence-corrected chi connectivity index (χ4v) is 5.03. The molecular formula is C27H27N3O7S. The molecule has 11 heteroatoms. The van der Waals surface area contributed by atoms with E-state index in [0.29, 0.717) is 23.6 Å². The van der Waals surface area contributed by atoms with Gasteiger partial charge in [0.05, 0.1) is 47.2 Å². The summed E-state index contributed by atoms with van der Waals surface area (Å²) in [6.45, 7) is 3.33. The van der Waals surface area contributed by atoms with Crippen LogP contribution in [-0.2, 0) is 20.0 Å². The molecule has 0 aliphatic rings. The van der Waals surface area contributed by atoms with E-state index in [4.69, 9.17) is 9.47 Å². The number of carbonyl (C=O) groups excluding carboxylic acids is 3. The molecule has 1 heterocycles. The Kier molecular flexibility index (Phi) is 9.94. The highest BCUT2D eigenvalue weighted by atomic mass is 32.2. The van der Waals surface area contributed by atoms with Crippen LogP contribution in [0.5, 0.6) is 0 Å². The van der Waals surface area contributed by atoms with E-state index in [1.807, 2.05) is 30.3 Å². The number of methoxy groups -OCH3 is 1. The summed E-state index contributed by atoms with van der Waals surface area (Å²) < 4.78 is 10.3. The number of thioether (sulfide) groups is 1. The number of pyridine rings is 1. The van der Waals surface area contributed by atoms with E-state index in [-0.39, 0.29) is 46.3 Å². The molecule has 3 rings (SSSR count). The van der Waals surface area contributed by atoms with Gasteiger partial charge in [0.2, 0.25) is 6.41 Å². The van der Waals surface area contributed by atoms with Gasteiger partial charge in [0.15, 0.2) is 0 Å². The smallest absolute Gasteiger partial charge is 0.340 e. The number of hydrogen-bond donors (Lipinski definition) is 1. The lowest BCUT2D eigenvalue weighted by atomic mass is 9.92. The Morgan fingerprint density at radius 1 is 1.13 bits per heavy atom. The molecular weight excluding hydrogens is 510 g/mol. The molecule has 0 radical (unpaired) electrons. The Hall–Kier alpha value is -4.25. The molecule has 1 aromatic heterocycles. The van der Waals surface area contributed by atoms with Gasteiger partial charge < -0.3 is 14.8 Å². The van der Waals surface area contributed by atoms with E-state index in [9.17, 15) is 24.5 Å². The molecule has 0 saturated carbocycles. The number of aromatic nitrogens is 1. The maximum atomic E-state index is 13.3. The number of benzene rings is 2. The van der Waals surface area contributed by atoms with Gasteiger partial charge in [-0.2, -0.15) is 11.8 Å². The minimum absolute atomic E-state index is 0.0228. The van der Waals surface area contributed by atoms with Gasteiger partial charge in [0, 0.05) is 29.2 Å². The predicted octanol–water partition coefficient (Wildman–Crippen LogP) is 4.65. The zero-order chi connectivity index (χ0) is 27.7. The Morgan fingerprint density at radius 3 is 2.50 bits per heavy atom. The number of rotatable bonds is 12. The molecule has 0 saturated heterocycles. The molecule has 198 valence electrons. The zero-order valence-corrected chi connectivity index (χ0v) is 21.9. The minimum Gasteiger partial charge on any atom is -0.465 e. The Labute approximate surface area is 223 Å². The Balaban J connectivity index is 2.13. The molecule has 1 atom stereocenters. The second-order valence-electron chi connectivity index (χ2n) is 8.05. The summed E-state index contributed by atoms with van der Waals surface area (Å²) in [5.41, 5.74) is 1.85. The van der Waals surface area contributed by atoms with Crippen molar-refractivity contribution in [3.8, 4) is 11.1 Å². The van der Waals surface area contributed by atoms with E-state index >= 15 is 0 Å². The number of nitro benzene ring substituents is 1. The largest absolute Gasteiger partial charge is 0.465 e. The van der Waals surface area contributed by atoms with Crippen molar-refractivity contribution in [2.45, 2.75) is 25.6 Å². The minimum atomic E-state index is -0.736. The van der Waals surface area contributed by atoms with Crippen LogP contribution in [0.1, 0.15) is 50.6 Å². The highest BCUT2D eigenvalue weighted by Crippen LogP contribution is 2.36. The summed E-state index contributed by atoms with van der Waals surface area (Å²) in [5, 5.41) is 14.3. The van der Waals surface area contributed by atoms with Crippen LogP contribution < -0.4 is 5.32 Å². The third-order valence-corrected chi connectivity index (χ3v) is 6.71. The van der Waals surface area contributed by atoms with Crippen molar-refractivity contribution in [2.75, 3.05) is 19.5 Å². The van der Waals surface area contributed by atoms with Gasteiger partial charge in [0.1, 0.15) is 0 Å². The topological polar surface area (TPSA) is 138 Å². The van der Waals surface area contributed by atoms with Crippen LogP contribution in [0.4, 0.5) is 5.69 Å². The summed E-state index contributed by atoms with van der Waals surface area (Å²) in [6.07, 6.45) is 0.635. The molecule has 0 spiro atoms. The number of carbonyl (C=O) groups is 3. The number of aryl methyl sites for hydroxylation is 1. The van der Waals surface area contributed by atoms with Crippen molar-refractivity contribution in [3.63, 3.8) is 0 Å². The molecule has 1 N–H and O–H groups in total. The summed E-state index contributed by atoms with van der Waals surface area (Å²) in [4.78, 5) is 52.8. The fourth-order valence-electron chi connectivity index (χ4n) is 3.99. The van der Waals surface area contributed by atoms with Crippen LogP contribution in [0.3, 0.4) is 0 Å². The zero-order valence-electron chi connectivity index (χ0n) is 21.1. The maximum Gasteiger partial charge on any atom is 0.340 e. The van der Waals surface area contributed by atoms with Crippen LogP contribution in [0.25, 0.3) is 11.1 Å². The van der Waals surface area contributed by atoms with Crippen molar-refractivity contribution in [1.29, 1.82) is 0 Å². The van der Waals surface area contributed by atoms with Crippen LogP contribution in [-0.4, -0.2) is 47.7 Å². The third-order valence-electron chi connectivity index (χ3n) is 5.66. The van der Waals surface area contributed by atoms with Crippen molar-refractivity contribution < 1.29 is 28.8 Å². The molecule has 0 fully saturated rings. The molecule has 1 amide bonds. The molecule has 0 unspecified atom stereocenters. The number of hydrogen-bond acceptors (Lipinski definition) is 9. The SMILES string of the molecule is CCOC(=O)c1c(CSC[C@H](NC=O)c2ccccc2)nc(C)c(C(=O)OC)c1-c1cccc([N+](=O)[O-])c1. The molecule has 0 aliphatic heterocycles. The van der Waals surface area contributed by atoms with Gasteiger partial charge in [0.25, 0.3) is 5.69 Å². The molecule has 10 nitrogen and oxygen atoms in total. The lowest BCUT2D eigenvalue weighted by Crippen LogP contribution is -2.22. The highest BCUT2D eigenvalue weighted by Gasteiger charge is 2.29. The quantitative estimate of drug-likeness (QED) is 0.151. The van der Waals surface area contributed by atoms with Crippen molar-refractivity contribution >= 4 is 35.8 Å². The summed E-state index contributed by atoms with van der Waals surface area (Å²) in [5.74, 6) is -0.743. The molecule has 0 aliphatic carbocycles. The molecule has 2 aromatic carbocycles. The van der Waals surface area contributed by atoms with Crippen LogP contribution >= 0.6 is 11.8 Å². The normalized spacial score (nSPS) is 11.3. The summed E-state index contributed by atoms with van der Waals surface area (Å²) in [7, 11) is 1.20. The molecule has 3 aromatic rings. The number of nitro groups is 1. The van der Waals surface area contributed by atoms with Crippen molar-refractivity contribution in [3.05, 3.63) is 92.8 Å². The van der Waals surface area contributed by atoms with Gasteiger partial charge in [-0.3, -0.25) is 19.9 Å². The number of ether oxygens (including phenoxy) is 2. The highest BCUT2D eigenvalue weighted by molar-refractivity contribution is 7.98. The lowest BCUT2D eigenvalue weighted by molar-refractivity contribution is -0.384. The van der Waals surface area contributed by atoms with Crippen LogP contribution in [0.15, 0.2) is 54.6 Å². The summed E-state index contributed by atoms with van der Waals surface area (Å²) >= 11 is 1.42. The monoisotopic (exact) mass is 537 g/mol. The Morgan fingerprint density at radius 2 is 1.87 bits per heavy atom. The average molecular weight is 538 g/mol. The van der Waals surface area contributed by atoms with E-state index in [1.165, 1.54) is 37.1 Å². The predicted molar refractivity (Wildman–Crippen MR) is 143 cm³/mol. The second-order valence-corrected chi connectivity index (χ2v) is 9.08. The van der Waals surface area contributed by atoms with Gasteiger partial charge in [-0.05, 0) is 25.0 Å². The van der Waals surface area contributed by atoms with Gasteiger partial charge in [-0.25, -0.2) is 9.59 Å². The maximum absolute atomic E-state index is 13.3. The fraction of sp³-hybridized carbons (Fsp3) is 0.259. The summed E-state index contributed by atoms with van der Waals surface area (Å²) in [6, 6.07) is 14.8. The first kappa shape index (κ1) is 28.3. The standard InChI is InChI=1S/C27H27N3O7S/c1-4-37-27(33)25-22(15-38-14-21(28-16-31)18-9-6-5-7-10-18)29-17(2)23(26(32)36-3)24(25)19-11-8-12-20(13-19)30(34)35/h5-13,16,21H,4,14-15H2,1-3H3,(H,28,31)/t21-/m0/s1. The molecule has 38 heavy (non-hydrogen) atoms. The van der Waals surface area contributed by atoms with Crippen LogP contribution in [0.2, 0.25) is 0 Å².